The maximum Gasteiger partial charge on any atom is 0.289 e. The molecule has 7 heteroatoms. The number of hydrogen-bond donors (Lipinski definition) is 1. The lowest BCUT2D eigenvalue weighted by Gasteiger charge is -2.31. The Balaban J connectivity index is 1.61. The quantitative estimate of drug-likeness (QED) is 0.792. The summed E-state index contributed by atoms with van der Waals surface area (Å²) in [6.45, 7) is 3.29. The van der Waals surface area contributed by atoms with E-state index in [0.29, 0.717) is 24.5 Å². The summed E-state index contributed by atoms with van der Waals surface area (Å²) in [5.41, 5.74) is 2.25. The van der Waals surface area contributed by atoms with Gasteiger partial charge in [-0.15, -0.1) is 0 Å². The molecule has 4 rings (SSSR count). The Morgan fingerprint density at radius 3 is 3.08 bits per heavy atom. The van der Waals surface area contributed by atoms with Gasteiger partial charge in [-0.3, -0.25) is 14.7 Å². The minimum Gasteiger partial charge on any atom is -0.459 e. The summed E-state index contributed by atoms with van der Waals surface area (Å²) in [7, 11) is 0. The van der Waals surface area contributed by atoms with Gasteiger partial charge in [-0.05, 0) is 31.4 Å². The van der Waals surface area contributed by atoms with Crippen LogP contribution in [0.4, 0.5) is 0 Å². The monoisotopic (exact) mass is 340 g/mol. The molecule has 25 heavy (non-hydrogen) atoms. The van der Waals surface area contributed by atoms with Gasteiger partial charge in [0.2, 0.25) is 0 Å². The molecule has 0 aliphatic carbocycles. The van der Waals surface area contributed by atoms with E-state index in [0.717, 1.165) is 30.7 Å². The Bertz CT molecular complexity index is 955. The van der Waals surface area contributed by atoms with Gasteiger partial charge in [0.25, 0.3) is 11.5 Å². The molecule has 0 radical (unpaired) electrons. The molecule has 1 aliphatic heterocycles. The number of carbonyl (C=O) groups is 1. The summed E-state index contributed by atoms with van der Waals surface area (Å²) in [4.78, 5) is 31.0. The van der Waals surface area contributed by atoms with Crippen LogP contribution in [0.3, 0.4) is 0 Å². The van der Waals surface area contributed by atoms with E-state index in [9.17, 15) is 9.59 Å². The molecular formula is C18H20N4O3. The molecule has 0 aromatic carbocycles. The number of nitrogens with zero attached hydrogens (tertiary/aromatic N) is 3. The molecule has 0 saturated carbocycles. The normalized spacial score (nSPS) is 18.0. The van der Waals surface area contributed by atoms with Crippen molar-refractivity contribution in [3.63, 3.8) is 0 Å². The van der Waals surface area contributed by atoms with Gasteiger partial charge in [-0.2, -0.15) is 0 Å². The zero-order valence-electron chi connectivity index (χ0n) is 14.1. The second-order valence-corrected chi connectivity index (χ2v) is 6.41. The number of hydrogen-bond acceptors (Lipinski definition) is 4. The largest absolute Gasteiger partial charge is 0.459 e. The summed E-state index contributed by atoms with van der Waals surface area (Å²) in [5.74, 6) is 0.427. The van der Waals surface area contributed by atoms with E-state index in [2.05, 4.69) is 10.1 Å². The van der Waals surface area contributed by atoms with E-state index < -0.39 is 0 Å². The van der Waals surface area contributed by atoms with Gasteiger partial charge < -0.3 is 9.32 Å². The molecule has 4 heterocycles. The standard InChI is InChI=1S/C18H20N4O3/c1-2-13-9-17(23)22-16(19-13)10-14(20-22)12-5-3-7-21(11-12)18(24)15-6-4-8-25-15/h4,6,8-10,12,20H,2-3,5,7,11H2,1H3/t12-/m1/s1. The number of nitrogens with one attached hydrogen (secondary N) is 1. The zero-order valence-corrected chi connectivity index (χ0v) is 14.1. The van der Waals surface area contributed by atoms with Gasteiger partial charge in [0.15, 0.2) is 11.4 Å². The van der Waals surface area contributed by atoms with Crippen molar-refractivity contribution in [1.82, 2.24) is 19.5 Å². The fourth-order valence-corrected chi connectivity index (χ4v) is 3.42. The Labute approximate surface area is 144 Å². The third kappa shape index (κ3) is 2.86. The Kier molecular flexibility index (Phi) is 3.91. The average Bonchev–Trinajstić information content (AvgIpc) is 3.31. The number of rotatable bonds is 3. The van der Waals surface area contributed by atoms with E-state index in [-0.39, 0.29) is 17.4 Å². The predicted molar refractivity (Wildman–Crippen MR) is 91.8 cm³/mol. The highest BCUT2D eigenvalue weighted by Gasteiger charge is 2.28. The molecular weight excluding hydrogens is 320 g/mol. The fraction of sp³-hybridized carbons (Fsp3) is 0.389. The minimum absolute atomic E-state index is 0.0885. The topological polar surface area (TPSA) is 83.6 Å². The first-order chi connectivity index (χ1) is 12.2. The highest BCUT2D eigenvalue weighted by molar-refractivity contribution is 5.91. The number of carbonyl (C=O) groups excluding carboxylic acids is 1. The van der Waals surface area contributed by atoms with Crippen LogP contribution < -0.4 is 5.56 Å². The zero-order chi connectivity index (χ0) is 17.4. The summed E-state index contributed by atoms with van der Waals surface area (Å²) in [6, 6.07) is 6.88. The first-order valence-electron chi connectivity index (χ1n) is 8.60. The number of furan rings is 1. The molecule has 0 bridgehead atoms. The lowest BCUT2D eigenvalue weighted by atomic mass is 9.94. The van der Waals surface area contributed by atoms with Crippen LogP contribution >= 0.6 is 0 Å². The van der Waals surface area contributed by atoms with Gasteiger partial charge >= 0.3 is 0 Å². The molecule has 1 amide bonds. The predicted octanol–water partition coefficient (Wildman–Crippen LogP) is 2.20. The molecule has 1 N–H and O–H groups in total. The first kappa shape index (κ1) is 15.7. The lowest BCUT2D eigenvalue weighted by Crippen LogP contribution is -2.39. The molecule has 1 atom stereocenters. The Hall–Kier alpha value is -2.83. The number of H-pyrrole nitrogens is 1. The molecule has 0 unspecified atom stereocenters. The lowest BCUT2D eigenvalue weighted by molar-refractivity contribution is 0.0673. The molecule has 3 aromatic heterocycles. The first-order valence-corrected chi connectivity index (χ1v) is 8.60. The highest BCUT2D eigenvalue weighted by Crippen LogP contribution is 2.27. The number of piperidine rings is 1. The van der Waals surface area contributed by atoms with Crippen LogP contribution in [0.2, 0.25) is 0 Å². The third-order valence-electron chi connectivity index (χ3n) is 4.77. The third-order valence-corrected chi connectivity index (χ3v) is 4.77. The molecule has 1 saturated heterocycles. The van der Waals surface area contributed by atoms with Crippen molar-refractivity contribution in [2.45, 2.75) is 32.1 Å². The van der Waals surface area contributed by atoms with Crippen molar-refractivity contribution < 1.29 is 9.21 Å². The van der Waals surface area contributed by atoms with Crippen molar-refractivity contribution >= 4 is 11.6 Å². The SMILES string of the molecule is CCc1cc(=O)n2[nH]c([C@@H]3CCCN(C(=O)c4ccco4)C3)cc2n1. The average molecular weight is 340 g/mol. The van der Waals surface area contributed by atoms with E-state index in [1.54, 1.807) is 18.2 Å². The van der Waals surface area contributed by atoms with Crippen LogP contribution in [0.1, 0.15) is 47.6 Å². The number of aromatic nitrogens is 3. The van der Waals surface area contributed by atoms with Gasteiger partial charge in [0.1, 0.15) is 0 Å². The highest BCUT2D eigenvalue weighted by atomic mass is 16.3. The van der Waals surface area contributed by atoms with Gasteiger partial charge in [0.05, 0.1) is 6.26 Å². The number of aryl methyl sites for hydroxylation is 1. The Morgan fingerprint density at radius 2 is 2.32 bits per heavy atom. The van der Waals surface area contributed by atoms with E-state index >= 15 is 0 Å². The number of aromatic amines is 1. The van der Waals surface area contributed by atoms with Gasteiger partial charge in [-0.25, -0.2) is 9.50 Å². The van der Waals surface area contributed by atoms with Crippen LogP contribution in [0.25, 0.3) is 5.65 Å². The maximum atomic E-state index is 12.5. The van der Waals surface area contributed by atoms with Crippen molar-refractivity contribution in [1.29, 1.82) is 0 Å². The molecule has 7 nitrogen and oxygen atoms in total. The molecule has 1 aliphatic rings. The van der Waals surface area contributed by atoms with Gasteiger partial charge in [0, 0.05) is 42.5 Å². The summed E-state index contributed by atoms with van der Waals surface area (Å²) < 4.78 is 6.70. The second-order valence-electron chi connectivity index (χ2n) is 6.41. The van der Waals surface area contributed by atoms with Gasteiger partial charge in [-0.1, -0.05) is 6.92 Å². The van der Waals surface area contributed by atoms with Crippen LogP contribution in [-0.2, 0) is 6.42 Å². The molecule has 0 spiro atoms. The minimum atomic E-state index is -0.104. The fourth-order valence-electron chi connectivity index (χ4n) is 3.42. The van der Waals surface area contributed by atoms with E-state index in [1.165, 1.54) is 10.8 Å². The molecule has 3 aromatic rings. The smallest absolute Gasteiger partial charge is 0.289 e. The molecule has 1 fully saturated rings. The van der Waals surface area contributed by atoms with Crippen molar-refractivity contribution in [3.05, 3.63) is 58.0 Å². The van der Waals surface area contributed by atoms with Crippen LogP contribution in [0, 0.1) is 0 Å². The van der Waals surface area contributed by atoms with Crippen molar-refractivity contribution in [2.75, 3.05) is 13.1 Å². The van der Waals surface area contributed by atoms with Crippen molar-refractivity contribution in [2.24, 2.45) is 0 Å². The van der Waals surface area contributed by atoms with Crippen molar-refractivity contribution in [3.8, 4) is 0 Å². The van der Waals surface area contributed by atoms with Crippen LogP contribution in [0.5, 0.6) is 0 Å². The van der Waals surface area contributed by atoms with E-state index in [4.69, 9.17) is 4.42 Å². The number of fused-ring (bicyclic) bond motifs is 1. The van der Waals surface area contributed by atoms with E-state index in [1.807, 2.05) is 17.9 Å². The number of amides is 1. The molecule has 130 valence electrons. The summed E-state index contributed by atoms with van der Waals surface area (Å²) >= 11 is 0. The van der Waals surface area contributed by atoms with Crippen LogP contribution in [0.15, 0.2) is 39.7 Å². The number of likely N-dealkylation sites (tertiary alicyclic amines) is 1. The summed E-state index contributed by atoms with van der Waals surface area (Å²) in [6.07, 6.45) is 4.11. The maximum absolute atomic E-state index is 12.5. The Morgan fingerprint density at radius 1 is 1.44 bits per heavy atom. The summed E-state index contributed by atoms with van der Waals surface area (Å²) in [5, 5.41) is 3.16. The second kappa shape index (κ2) is 6.23. The van der Waals surface area contributed by atoms with Crippen LogP contribution in [-0.4, -0.2) is 38.5 Å².